The molecule has 0 saturated carbocycles. The van der Waals surface area contributed by atoms with Crippen molar-refractivity contribution in [1.29, 1.82) is 0 Å². The second-order valence-electron chi connectivity index (χ2n) is 3.60. The zero-order valence-electron chi connectivity index (χ0n) is 9.43. The molecule has 3 N–H and O–H groups in total. The van der Waals surface area contributed by atoms with Crippen LogP contribution in [0.4, 0.5) is 5.69 Å². The van der Waals surface area contributed by atoms with E-state index in [9.17, 15) is 9.90 Å². The Kier molecular flexibility index (Phi) is 2.99. The van der Waals surface area contributed by atoms with E-state index in [2.05, 4.69) is 9.72 Å². The molecule has 2 rings (SSSR count). The van der Waals surface area contributed by atoms with Crippen molar-refractivity contribution in [3.8, 4) is 0 Å². The molecular weight excluding hydrogens is 240 g/mol. The minimum Gasteiger partial charge on any atom is -0.465 e. The number of pyridine rings is 1. The lowest BCUT2D eigenvalue weighted by atomic mass is 10.2. The van der Waals surface area contributed by atoms with Crippen LogP contribution in [0.5, 0.6) is 0 Å². The van der Waals surface area contributed by atoms with Gasteiger partial charge in [-0.25, -0.2) is 9.78 Å². The van der Waals surface area contributed by atoms with Crippen molar-refractivity contribution in [1.82, 2.24) is 4.98 Å². The van der Waals surface area contributed by atoms with Crippen LogP contribution in [0.15, 0.2) is 12.1 Å². The van der Waals surface area contributed by atoms with Crippen molar-refractivity contribution in [3.05, 3.63) is 22.7 Å². The van der Waals surface area contributed by atoms with E-state index in [1.807, 2.05) is 0 Å². The number of ether oxygens (including phenoxy) is 1. The van der Waals surface area contributed by atoms with Gasteiger partial charge in [-0.2, -0.15) is 0 Å². The largest absolute Gasteiger partial charge is 0.465 e. The Bertz CT molecular complexity index is 577. The molecule has 0 aliphatic carbocycles. The monoisotopic (exact) mass is 252 g/mol. The number of nitrogen functional groups attached to an aromatic ring is 1. The van der Waals surface area contributed by atoms with Crippen molar-refractivity contribution in [2.24, 2.45) is 0 Å². The van der Waals surface area contributed by atoms with Gasteiger partial charge in [-0.15, -0.1) is 11.3 Å². The van der Waals surface area contributed by atoms with Crippen LogP contribution < -0.4 is 5.73 Å². The maximum Gasteiger partial charge on any atom is 0.350 e. The molecule has 0 radical (unpaired) electrons. The maximum atomic E-state index is 11.5. The van der Waals surface area contributed by atoms with Crippen LogP contribution in [0.25, 0.3) is 10.2 Å². The van der Waals surface area contributed by atoms with Gasteiger partial charge in [0.1, 0.15) is 9.71 Å². The van der Waals surface area contributed by atoms with Gasteiger partial charge in [0.15, 0.2) is 0 Å². The smallest absolute Gasteiger partial charge is 0.350 e. The van der Waals surface area contributed by atoms with Crippen LogP contribution in [0.3, 0.4) is 0 Å². The number of thiophene rings is 1. The number of fused-ring (bicyclic) bond motifs is 1. The molecule has 2 aromatic rings. The number of aromatic nitrogens is 1. The van der Waals surface area contributed by atoms with Gasteiger partial charge in [0.2, 0.25) is 0 Å². The molecular formula is C11H12N2O3S. The molecule has 0 aromatic carbocycles. The molecule has 17 heavy (non-hydrogen) atoms. The summed E-state index contributed by atoms with van der Waals surface area (Å²) in [6.45, 7) is 1.63. The number of aliphatic hydroxyl groups is 1. The Hall–Kier alpha value is -1.66. The molecule has 0 aliphatic heterocycles. The average molecular weight is 252 g/mol. The normalized spacial score (nSPS) is 12.6. The number of esters is 1. The van der Waals surface area contributed by atoms with Gasteiger partial charge in [0, 0.05) is 5.39 Å². The standard InChI is InChI=1S/C11H12N2O3S/c1-5(14)7-4-3-6-8(12)9(11(15)16-2)17-10(6)13-7/h3-5,14H,12H2,1-2H3. The lowest BCUT2D eigenvalue weighted by Gasteiger charge is -2.02. The van der Waals surface area contributed by atoms with Crippen LogP contribution >= 0.6 is 11.3 Å². The summed E-state index contributed by atoms with van der Waals surface area (Å²) in [5.41, 5.74) is 6.78. The van der Waals surface area contributed by atoms with E-state index in [1.54, 1.807) is 19.1 Å². The molecule has 1 atom stereocenters. The summed E-state index contributed by atoms with van der Waals surface area (Å²) in [5, 5.41) is 10.1. The summed E-state index contributed by atoms with van der Waals surface area (Å²) >= 11 is 1.17. The summed E-state index contributed by atoms with van der Waals surface area (Å²) in [6.07, 6.45) is -0.649. The Morgan fingerprint density at radius 3 is 2.88 bits per heavy atom. The number of methoxy groups -OCH3 is 1. The van der Waals surface area contributed by atoms with Crippen LogP contribution in [-0.4, -0.2) is 23.2 Å². The highest BCUT2D eigenvalue weighted by Gasteiger charge is 2.18. The molecule has 5 nitrogen and oxygen atoms in total. The zero-order valence-corrected chi connectivity index (χ0v) is 10.2. The summed E-state index contributed by atoms with van der Waals surface area (Å²) in [7, 11) is 1.31. The van der Waals surface area contributed by atoms with Gasteiger partial charge in [-0.05, 0) is 19.1 Å². The molecule has 90 valence electrons. The van der Waals surface area contributed by atoms with Crippen molar-refractivity contribution >= 4 is 33.2 Å². The molecule has 0 fully saturated rings. The molecule has 0 amide bonds. The lowest BCUT2D eigenvalue weighted by molar-refractivity contribution is 0.0607. The number of nitrogens with two attached hydrogens (primary N) is 1. The molecule has 6 heteroatoms. The average Bonchev–Trinajstić information content (AvgIpc) is 2.65. The van der Waals surface area contributed by atoms with Crippen LogP contribution in [0.1, 0.15) is 28.4 Å². The molecule has 0 spiro atoms. The number of hydrogen-bond acceptors (Lipinski definition) is 6. The Balaban J connectivity index is 2.61. The van der Waals surface area contributed by atoms with Crippen molar-refractivity contribution in [2.75, 3.05) is 12.8 Å². The number of anilines is 1. The van der Waals surface area contributed by atoms with Crippen LogP contribution in [0.2, 0.25) is 0 Å². The molecule has 0 saturated heterocycles. The van der Waals surface area contributed by atoms with Crippen molar-refractivity contribution < 1.29 is 14.6 Å². The highest BCUT2D eigenvalue weighted by atomic mass is 32.1. The first-order valence-electron chi connectivity index (χ1n) is 5.00. The predicted molar refractivity (Wildman–Crippen MR) is 66.0 cm³/mol. The van der Waals surface area contributed by atoms with Gasteiger partial charge in [-0.1, -0.05) is 0 Å². The fourth-order valence-corrected chi connectivity index (χ4v) is 2.51. The fraction of sp³-hybridized carbons (Fsp3) is 0.273. The van der Waals surface area contributed by atoms with E-state index in [1.165, 1.54) is 18.4 Å². The highest BCUT2D eigenvalue weighted by Crippen LogP contribution is 2.33. The van der Waals surface area contributed by atoms with Gasteiger partial charge < -0.3 is 15.6 Å². The quantitative estimate of drug-likeness (QED) is 0.795. The topological polar surface area (TPSA) is 85.4 Å². The Morgan fingerprint density at radius 2 is 2.29 bits per heavy atom. The number of aliphatic hydroxyl groups excluding tert-OH is 1. The molecule has 0 bridgehead atoms. The van der Waals surface area contributed by atoms with E-state index in [-0.39, 0.29) is 0 Å². The van der Waals surface area contributed by atoms with Gasteiger partial charge in [-0.3, -0.25) is 0 Å². The Morgan fingerprint density at radius 1 is 1.59 bits per heavy atom. The maximum absolute atomic E-state index is 11.5. The van der Waals surface area contributed by atoms with Crippen molar-refractivity contribution in [2.45, 2.75) is 13.0 Å². The van der Waals surface area contributed by atoms with Crippen molar-refractivity contribution in [3.63, 3.8) is 0 Å². The molecule has 0 aliphatic rings. The van der Waals surface area contributed by atoms with E-state index in [4.69, 9.17) is 5.73 Å². The second kappa shape index (κ2) is 4.31. The highest BCUT2D eigenvalue weighted by molar-refractivity contribution is 7.21. The SMILES string of the molecule is COC(=O)c1sc2nc(C(C)O)ccc2c1N. The van der Waals surface area contributed by atoms with E-state index in [0.717, 1.165) is 0 Å². The third-order valence-electron chi connectivity index (χ3n) is 2.41. The summed E-state index contributed by atoms with van der Waals surface area (Å²) in [4.78, 5) is 16.7. The fourth-order valence-electron chi connectivity index (χ4n) is 1.49. The molecule has 2 heterocycles. The zero-order chi connectivity index (χ0) is 12.6. The first kappa shape index (κ1) is 11.8. The van der Waals surface area contributed by atoms with E-state index in [0.29, 0.717) is 26.5 Å². The lowest BCUT2D eigenvalue weighted by Crippen LogP contribution is -2.01. The van der Waals surface area contributed by atoms with Gasteiger partial charge in [0.25, 0.3) is 0 Å². The second-order valence-corrected chi connectivity index (χ2v) is 4.60. The van der Waals surface area contributed by atoms with E-state index < -0.39 is 12.1 Å². The first-order valence-corrected chi connectivity index (χ1v) is 5.81. The third kappa shape index (κ3) is 1.96. The number of rotatable bonds is 2. The minimum atomic E-state index is -0.649. The molecule has 1 unspecified atom stereocenters. The number of hydrogen-bond donors (Lipinski definition) is 2. The summed E-state index contributed by atoms with van der Waals surface area (Å²) < 4.78 is 4.64. The minimum absolute atomic E-state index is 0.345. The predicted octanol–water partition coefficient (Wildman–Crippen LogP) is 1.72. The number of nitrogens with zero attached hydrogens (tertiary/aromatic N) is 1. The third-order valence-corrected chi connectivity index (χ3v) is 3.51. The van der Waals surface area contributed by atoms with Gasteiger partial charge >= 0.3 is 5.97 Å². The number of carbonyl (C=O) groups is 1. The Labute approximate surface area is 102 Å². The summed E-state index contributed by atoms with van der Waals surface area (Å²) in [5.74, 6) is -0.468. The summed E-state index contributed by atoms with van der Waals surface area (Å²) in [6, 6.07) is 3.44. The molecule has 2 aromatic heterocycles. The van der Waals surface area contributed by atoms with Crippen LogP contribution in [0, 0.1) is 0 Å². The first-order chi connectivity index (χ1) is 8.04. The van der Waals surface area contributed by atoms with Crippen LogP contribution in [-0.2, 0) is 4.74 Å². The van der Waals surface area contributed by atoms with Gasteiger partial charge in [0.05, 0.1) is 24.6 Å². The number of carbonyl (C=O) groups excluding carboxylic acids is 1. The van der Waals surface area contributed by atoms with E-state index >= 15 is 0 Å².